The van der Waals surface area contributed by atoms with Gasteiger partial charge in [0, 0.05) is 44.5 Å². The van der Waals surface area contributed by atoms with Crippen LogP contribution in [-0.2, 0) is 13.0 Å². The van der Waals surface area contributed by atoms with Gasteiger partial charge in [-0.3, -0.25) is 0 Å². The lowest BCUT2D eigenvalue weighted by atomic mass is 10.1. The van der Waals surface area contributed by atoms with Gasteiger partial charge < -0.3 is 30.3 Å². The summed E-state index contributed by atoms with van der Waals surface area (Å²) in [6.45, 7) is 5.22. The lowest BCUT2D eigenvalue weighted by Crippen LogP contribution is -2.45. The molecule has 2 heterocycles. The number of aromatic nitrogens is 1. The number of likely N-dealkylation sites (N-methyl/N-ethyl adjacent to an activating group) is 1. The maximum atomic E-state index is 6.09. The van der Waals surface area contributed by atoms with Crippen LogP contribution in [0.1, 0.15) is 11.1 Å². The molecule has 162 valence electrons. The fourth-order valence-corrected chi connectivity index (χ4v) is 3.45. The molecule has 0 saturated carbocycles. The molecule has 8 heteroatoms. The Bertz CT molecular complexity index is 849. The summed E-state index contributed by atoms with van der Waals surface area (Å²) in [6.07, 6.45) is 2.64. The van der Waals surface area contributed by atoms with E-state index in [1.54, 1.807) is 14.2 Å². The fourth-order valence-electron chi connectivity index (χ4n) is 3.45. The summed E-state index contributed by atoms with van der Waals surface area (Å²) >= 11 is 0. The number of benzene rings is 1. The zero-order chi connectivity index (χ0) is 21.3. The number of hydrogen-bond acceptors (Lipinski definition) is 6. The van der Waals surface area contributed by atoms with Crippen LogP contribution in [0.4, 0.5) is 5.82 Å². The van der Waals surface area contributed by atoms with Crippen LogP contribution >= 0.6 is 0 Å². The summed E-state index contributed by atoms with van der Waals surface area (Å²) < 4.78 is 10.6. The van der Waals surface area contributed by atoms with E-state index in [2.05, 4.69) is 38.2 Å². The molecule has 0 atom stereocenters. The van der Waals surface area contributed by atoms with E-state index in [1.165, 1.54) is 0 Å². The number of aliphatic imine (C=N–C) groups is 1. The minimum Gasteiger partial charge on any atom is -0.493 e. The standard InChI is InChI=1S/C22H32N6O2/c1-27-11-13-28(14-12-27)21-18(5-4-9-24-21)16-26-22(23)25-10-8-17-6-7-19(29-2)20(15-17)30-3/h4-7,9,15H,8,10-14,16H2,1-3H3,(H3,23,25,26). The Morgan fingerprint density at radius 2 is 1.90 bits per heavy atom. The van der Waals surface area contributed by atoms with E-state index < -0.39 is 0 Å². The number of methoxy groups -OCH3 is 2. The second-order valence-electron chi connectivity index (χ2n) is 7.34. The number of rotatable bonds is 8. The Morgan fingerprint density at radius 3 is 2.63 bits per heavy atom. The normalized spacial score (nSPS) is 15.2. The molecule has 0 spiro atoms. The predicted molar refractivity (Wildman–Crippen MR) is 121 cm³/mol. The molecule has 1 aliphatic rings. The van der Waals surface area contributed by atoms with Gasteiger partial charge in [-0.1, -0.05) is 12.1 Å². The zero-order valence-electron chi connectivity index (χ0n) is 18.1. The van der Waals surface area contributed by atoms with Crippen LogP contribution in [0.5, 0.6) is 11.5 Å². The van der Waals surface area contributed by atoms with Gasteiger partial charge in [0.05, 0.1) is 20.8 Å². The molecule has 1 aromatic carbocycles. The van der Waals surface area contributed by atoms with Gasteiger partial charge in [0.25, 0.3) is 0 Å². The molecule has 1 aliphatic heterocycles. The van der Waals surface area contributed by atoms with Crippen molar-refractivity contribution in [2.75, 3.05) is 58.9 Å². The van der Waals surface area contributed by atoms with Crippen molar-refractivity contribution in [2.24, 2.45) is 10.7 Å². The van der Waals surface area contributed by atoms with Gasteiger partial charge in [-0.25, -0.2) is 9.98 Å². The third-order valence-electron chi connectivity index (χ3n) is 5.26. The average molecular weight is 413 g/mol. The summed E-state index contributed by atoms with van der Waals surface area (Å²) in [5, 5.41) is 3.19. The van der Waals surface area contributed by atoms with Crippen molar-refractivity contribution in [1.82, 2.24) is 15.2 Å². The first-order valence-electron chi connectivity index (χ1n) is 10.2. The summed E-state index contributed by atoms with van der Waals surface area (Å²) in [7, 11) is 5.42. The number of pyridine rings is 1. The lowest BCUT2D eigenvalue weighted by molar-refractivity contribution is 0.312. The van der Waals surface area contributed by atoms with Crippen LogP contribution in [-0.4, -0.2) is 69.8 Å². The van der Waals surface area contributed by atoms with Gasteiger partial charge in [-0.05, 0) is 37.2 Å². The Labute approximate surface area is 178 Å². The molecule has 3 N–H and O–H groups in total. The second kappa shape index (κ2) is 10.7. The molecule has 0 bridgehead atoms. The summed E-state index contributed by atoms with van der Waals surface area (Å²) in [6, 6.07) is 9.93. The zero-order valence-corrected chi connectivity index (χ0v) is 18.1. The lowest BCUT2D eigenvalue weighted by Gasteiger charge is -2.34. The highest BCUT2D eigenvalue weighted by Crippen LogP contribution is 2.27. The molecule has 0 aliphatic carbocycles. The van der Waals surface area contributed by atoms with Crippen LogP contribution in [0.3, 0.4) is 0 Å². The van der Waals surface area contributed by atoms with Gasteiger partial charge in [0.15, 0.2) is 17.5 Å². The van der Waals surface area contributed by atoms with Gasteiger partial charge in [0.2, 0.25) is 0 Å². The Kier molecular flexibility index (Phi) is 7.73. The van der Waals surface area contributed by atoms with Crippen LogP contribution in [0.2, 0.25) is 0 Å². The predicted octanol–water partition coefficient (Wildman–Crippen LogP) is 1.50. The van der Waals surface area contributed by atoms with Crippen molar-refractivity contribution in [2.45, 2.75) is 13.0 Å². The van der Waals surface area contributed by atoms with Gasteiger partial charge >= 0.3 is 0 Å². The molecular formula is C22H32N6O2. The van der Waals surface area contributed by atoms with Crippen LogP contribution < -0.4 is 25.4 Å². The molecule has 8 nitrogen and oxygen atoms in total. The van der Waals surface area contributed by atoms with E-state index in [1.807, 2.05) is 30.5 Å². The van der Waals surface area contributed by atoms with Crippen molar-refractivity contribution in [1.29, 1.82) is 0 Å². The van der Waals surface area contributed by atoms with Crippen LogP contribution in [0.15, 0.2) is 41.5 Å². The number of guanidine groups is 1. The van der Waals surface area contributed by atoms with Crippen molar-refractivity contribution in [3.05, 3.63) is 47.7 Å². The molecule has 0 radical (unpaired) electrons. The topological polar surface area (TPSA) is 88.2 Å². The van der Waals surface area contributed by atoms with E-state index >= 15 is 0 Å². The molecular weight excluding hydrogens is 380 g/mol. The average Bonchev–Trinajstić information content (AvgIpc) is 2.78. The number of nitrogens with two attached hydrogens (primary N) is 1. The molecule has 1 aromatic heterocycles. The number of nitrogens with zero attached hydrogens (tertiary/aromatic N) is 4. The van der Waals surface area contributed by atoms with Crippen molar-refractivity contribution in [3.63, 3.8) is 0 Å². The summed E-state index contributed by atoms with van der Waals surface area (Å²) in [4.78, 5) is 13.8. The molecule has 3 rings (SSSR count). The third kappa shape index (κ3) is 5.76. The molecule has 2 aromatic rings. The minimum absolute atomic E-state index is 0.434. The smallest absolute Gasteiger partial charge is 0.188 e. The number of nitrogens with one attached hydrogen (secondary N) is 1. The Morgan fingerprint density at radius 1 is 1.13 bits per heavy atom. The SMILES string of the molecule is COc1ccc(CCNC(N)=NCc2cccnc2N2CCN(C)CC2)cc1OC. The monoisotopic (exact) mass is 412 g/mol. The van der Waals surface area contributed by atoms with Crippen molar-refractivity contribution >= 4 is 11.8 Å². The molecule has 0 unspecified atom stereocenters. The largest absolute Gasteiger partial charge is 0.493 e. The first kappa shape index (κ1) is 21.7. The van der Waals surface area contributed by atoms with Gasteiger partial charge in [-0.2, -0.15) is 0 Å². The van der Waals surface area contributed by atoms with E-state index in [4.69, 9.17) is 15.2 Å². The molecule has 1 saturated heterocycles. The minimum atomic E-state index is 0.434. The second-order valence-corrected chi connectivity index (χ2v) is 7.34. The quantitative estimate of drug-likeness (QED) is 0.502. The molecule has 0 amide bonds. The maximum absolute atomic E-state index is 6.09. The molecule has 30 heavy (non-hydrogen) atoms. The highest BCUT2D eigenvalue weighted by Gasteiger charge is 2.17. The third-order valence-corrected chi connectivity index (χ3v) is 5.26. The number of hydrogen-bond donors (Lipinski definition) is 2. The Hall–Kier alpha value is -3.00. The van der Waals surface area contributed by atoms with Crippen molar-refractivity contribution in [3.8, 4) is 11.5 Å². The summed E-state index contributed by atoms with van der Waals surface area (Å²) in [5.41, 5.74) is 8.31. The molecule has 1 fully saturated rings. The van der Waals surface area contributed by atoms with E-state index in [0.29, 0.717) is 19.0 Å². The van der Waals surface area contributed by atoms with Crippen molar-refractivity contribution < 1.29 is 9.47 Å². The Balaban J connectivity index is 1.53. The first-order chi connectivity index (χ1) is 14.6. The number of ether oxygens (including phenoxy) is 2. The van der Waals surface area contributed by atoms with E-state index in [9.17, 15) is 0 Å². The van der Waals surface area contributed by atoms with Crippen LogP contribution in [0.25, 0.3) is 0 Å². The van der Waals surface area contributed by atoms with E-state index in [-0.39, 0.29) is 0 Å². The van der Waals surface area contributed by atoms with Gasteiger partial charge in [-0.15, -0.1) is 0 Å². The number of anilines is 1. The highest BCUT2D eigenvalue weighted by molar-refractivity contribution is 5.77. The van der Waals surface area contributed by atoms with E-state index in [0.717, 1.165) is 61.0 Å². The first-order valence-corrected chi connectivity index (χ1v) is 10.2. The summed E-state index contributed by atoms with van der Waals surface area (Å²) in [5.74, 6) is 2.89. The highest BCUT2D eigenvalue weighted by atomic mass is 16.5. The fraction of sp³-hybridized carbons (Fsp3) is 0.455. The van der Waals surface area contributed by atoms with Gasteiger partial charge in [0.1, 0.15) is 5.82 Å². The number of piperazine rings is 1. The van der Waals surface area contributed by atoms with Crippen LogP contribution in [0, 0.1) is 0 Å². The maximum Gasteiger partial charge on any atom is 0.188 e.